The number of nitrogens with one attached hydrogen (secondary N) is 1. The zero-order valence-electron chi connectivity index (χ0n) is 17.2. The van der Waals surface area contributed by atoms with E-state index in [0.717, 1.165) is 31.7 Å². The number of anilines is 2. The Morgan fingerprint density at radius 1 is 1.19 bits per heavy atom. The number of aromatic nitrogens is 4. The second-order valence-electron chi connectivity index (χ2n) is 7.40. The van der Waals surface area contributed by atoms with E-state index in [1.807, 2.05) is 37.3 Å². The topological polar surface area (TPSA) is 81.7 Å². The molecule has 0 amide bonds. The van der Waals surface area contributed by atoms with Crippen molar-refractivity contribution in [2.45, 2.75) is 19.5 Å². The molecule has 0 bridgehead atoms. The minimum absolute atomic E-state index is 0.185. The number of benzene rings is 2. The minimum atomic E-state index is -0.233. The molecule has 3 N–H and O–H groups in total. The molecule has 5 rings (SSSR count). The van der Waals surface area contributed by atoms with E-state index in [-0.39, 0.29) is 11.9 Å². The van der Waals surface area contributed by atoms with Crippen molar-refractivity contribution < 1.29 is 4.39 Å². The van der Waals surface area contributed by atoms with Gasteiger partial charge >= 0.3 is 0 Å². The normalized spacial score (nSPS) is 12.0. The molecule has 8 heteroatoms. The lowest BCUT2D eigenvalue weighted by Crippen LogP contribution is -2.10. The summed E-state index contributed by atoms with van der Waals surface area (Å²) in [5.41, 5.74) is 8.97. The van der Waals surface area contributed by atoms with E-state index < -0.39 is 0 Å². The van der Waals surface area contributed by atoms with Gasteiger partial charge in [0.2, 0.25) is 0 Å². The first-order chi connectivity index (χ1) is 15.6. The van der Waals surface area contributed by atoms with Crippen LogP contribution in [-0.2, 0) is 6.54 Å². The van der Waals surface area contributed by atoms with Crippen LogP contribution in [0.15, 0.2) is 61.1 Å². The summed E-state index contributed by atoms with van der Waals surface area (Å²) in [6, 6.07) is 14.4. The summed E-state index contributed by atoms with van der Waals surface area (Å²) >= 11 is 1.53. The Kier molecular flexibility index (Phi) is 5.27. The highest BCUT2D eigenvalue weighted by Crippen LogP contribution is 2.31. The molecular weight excluding hydrogens is 423 g/mol. The van der Waals surface area contributed by atoms with E-state index in [0.29, 0.717) is 17.9 Å². The molecule has 0 radical (unpaired) electrons. The molecule has 3 aromatic heterocycles. The van der Waals surface area contributed by atoms with E-state index in [1.165, 1.54) is 23.7 Å². The fourth-order valence-corrected chi connectivity index (χ4v) is 4.32. The van der Waals surface area contributed by atoms with Crippen molar-refractivity contribution in [3.8, 4) is 11.8 Å². The van der Waals surface area contributed by atoms with E-state index in [1.54, 1.807) is 23.0 Å². The van der Waals surface area contributed by atoms with Crippen molar-refractivity contribution in [3.63, 3.8) is 0 Å². The van der Waals surface area contributed by atoms with E-state index in [2.05, 4.69) is 32.2 Å². The Hall–Kier alpha value is -3.80. The van der Waals surface area contributed by atoms with Gasteiger partial charge in [-0.15, -0.1) is 11.3 Å². The van der Waals surface area contributed by atoms with Gasteiger partial charge in [0.15, 0.2) is 5.82 Å². The van der Waals surface area contributed by atoms with Gasteiger partial charge in [-0.25, -0.2) is 14.4 Å². The van der Waals surface area contributed by atoms with Crippen molar-refractivity contribution >= 4 is 44.0 Å². The third-order valence-electron chi connectivity index (χ3n) is 4.92. The number of nitrogens with two attached hydrogens (primary N) is 1. The highest BCUT2D eigenvalue weighted by atomic mass is 32.1. The first kappa shape index (κ1) is 20.1. The Balaban J connectivity index is 1.43. The van der Waals surface area contributed by atoms with Crippen molar-refractivity contribution in [2.75, 3.05) is 5.32 Å². The fourth-order valence-electron chi connectivity index (χ4n) is 3.41. The maximum absolute atomic E-state index is 14.0. The predicted octanol–water partition coefficient (Wildman–Crippen LogP) is 4.67. The molecule has 1 unspecified atom stereocenters. The van der Waals surface area contributed by atoms with Gasteiger partial charge in [-0.2, -0.15) is 5.10 Å². The van der Waals surface area contributed by atoms with Crippen molar-refractivity contribution in [3.05, 3.63) is 77.3 Å². The Bertz CT molecular complexity index is 1490. The van der Waals surface area contributed by atoms with Gasteiger partial charge in [0.05, 0.1) is 39.4 Å². The molecule has 2 aromatic carbocycles. The van der Waals surface area contributed by atoms with Gasteiger partial charge < -0.3 is 11.1 Å². The summed E-state index contributed by atoms with van der Waals surface area (Å²) in [6.07, 6.45) is 3.31. The molecule has 3 heterocycles. The largest absolute Gasteiger partial charge is 0.339 e. The summed E-state index contributed by atoms with van der Waals surface area (Å²) in [5.74, 6) is 6.54. The lowest BCUT2D eigenvalue weighted by atomic mass is 10.2. The Morgan fingerprint density at radius 3 is 2.91 bits per heavy atom. The number of halogens is 1. The monoisotopic (exact) mass is 442 g/mol. The number of fused-ring (bicyclic) bond motifs is 2. The molecule has 0 saturated heterocycles. The van der Waals surface area contributed by atoms with Gasteiger partial charge in [0.1, 0.15) is 12.1 Å². The van der Waals surface area contributed by atoms with Gasteiger partial charge in [0, 0.05) is 16.6 Å². The standard InChI is InChI=1S/C24H19FN6S/c1-15(26)6-8-19-11-21-23(32-19)24(28-14-27-21)30-18-7-9-22-17(10-18)12-29-31(22)13-16-4-2-3-5-20(16)25/h2-5,7,9-12,14-15H,13,26H2,1H3,(H,27,28,30). The van der Waals surface area contributed by atoms with Crippen LogP contribution in [0.1, 0.15) is 17.4 Å². The number of hydrogen-bond acceptors (Lipinski definition) is 6. The van der Waals surface area contributed by atoms with Crippen LogP contribution >= 0.6 is 11.3 Å². The lowest BCUT2D eigenvalue weighted by Gasteiger charge is -2.08. The maximum atomic E-state index is 14.0. The molecule has 0 fully saturated rings. The zero-order valence-corrected chi connectivity index (χ0v) is 18.0. The zero-order chi connectivity index (χ0) is 22.1. The molecule has 158 valence electrons. The number of thiophene rings is 1. The van der Waals surface area contributed by atoms with Crippen LogP contribution < -0.4 is 11.1 Å². The molecule has 5 aromatic rings. The quantitative estimate of drug-likeness (QED) is 0.395. The number of nitrogens with zero attached hydrogens (tertiary/aromatic N) is 4. The summed E-state index contributed by atoms with van der Waals surface area (Å²) in [4.78, 5) is 9.66. The Labute approximate surface area is 187 Å². The predicted molar refractivity (Wildman–Crippen MR) is 126 cm³/mol. The molecule has 0 aliphatic heterocycles. The second-order valence-corrected chi connectivity index (χ2v) is 8.45. The van der Waals surface area contributed by atoms with Crippen LogP contribution in [0.4, 0.5) is 15.9 Å². The SMILES string of the molecule is CC(N)C#Cc1cc2ncnc(Nc3ccc4c(cnn4Cc4ccccc4F)c3)c2s1. The highest BCUT2D eigenvalue weighted by molar-refractivity contribution is 7.20. The molecule has 32 heavy (non-hydrogen) atoms. The summed E-state index contributed by atoms with van der Waals surface area (Å²) in [7, 11) is 0. The molecule has 0 saturated carbocycles. The fraction of sp³-hybridized carbons (Fsp3) is 0.125. The van der Waals surface area contributed by atoms with Gasteiger partial charge in [-0.3, -0.25) is 4.68 Å². The van der Waals surface area contributed by atoms with Gasteiger partial charge in [0.25, 0.3) is 0 Å². The Morgan fingerprint density at radius 2 is 2.06 bits per heavy atom. The molecule has 0 aliphatic rings. The number of hydrogen-bond donors (Lipinski definition) is 2. The lowest BCUT2D eigenvalue weighted by molar-refractivity contribution is 0.590. The van der Waals surface area contributed by atoms with Crippen LogP contribution in [0, 0.1) is 17.7 Å². The molecule has 0 spiro atoms. The highest BCUT2D eigenvalue weighted by Gasteiger charge is 2.11. The minimum Gasteiger partial charge on any atom is -0.339 e. The van der Waals surface area contributed by atoms with Crippen LogP contribution in [0.5, 0.6) is 0 Å². The van der Waals surface area contributed by atoms with Crippen LogP contribution in [0.25, 0.3) is 21.1 Å². The third kappa shape index (κ3) is 4.04. The average Bonchev–Trinajstić information content (AvgIpc) is 3.38. The molecule has 1 atom stereocenters. The summed E-state index contributed by atoms with van der Waals surface area (Å²) in [5, 5.41) is 8.77. The first-order valence-electron chi connectivity index (χ1n) is 10.0. The molecular formula is C24H19FN6S. The maximum Gasteiger partial charge on any atom is 0.151 e. The summed E-state index contributed by atoms with van der Waals surface area (Å²) < 4.78 is 16.8. The van der Waals surface area contributed by atoms with E-state index in [4.69, 9.17) is 5.73 Å². The van der Waals surface area contributed by atoms with Crippen molar-refractivity contribution in [2.24, 2.45) is 5.73 Å². The number of rotatable bonds is 4. The molecule has 6 nitrogen and oxygen atoms in total. The average molecular weight is 443 g/mol. The van der Waals surface area contributed by atoms with Crippen molar-refractivity contribution in [1.29, 1.82) is 0 Å². The van der Waals surface area contributed by atoms with Crippen LogP contribution in [0.3, 0.4) is 0 Å². The molecule has 0 aliphatic carbocycles. The smallest absolute Gasteiger partial charge is 0.151 e. The van der Waals surface area contributed by atoms with Crippen LogP contribution in [-0.4, -0.2) is 25.8 Å². The second kappa shape index (κ2) is 8.38. The van der Waals surface area contributed by atoms with Gasteiger partial charge in [-0.05, 0) is 37.3 Å². The van der Waals surface area contributed by atoms with E-state index >= 15 is 0 Å². The summed E-state index contributed by atoms with van der Waals surface area (Å²) in [6.45, 7) is 2.22. The van der Waals surface area contributed by atoms with Crippen LogP contribution in [0.2, 0.25) is 0 Å². The third-order valence-corrected chi connectivity index (χ3v) is 5.96. The van der Waals surface area contributed by atoms with Gasteiger partial charge in [-0.1, -0.05) is 30.0 Å². The first-order valence-corrected chi connectivity index (χ1v) is 10.9. The van der Waals surface area contributed by atoms with E-state index in [9.17, 15) is 4.39 Å². The van der Waals surface area contributed by atoms with Crippen molar-refractivity contribution in [1.82, 2.24) is 19.7 Å².